The lowest BCUT2D eigenvalue weighted by Crippen LogP contribution is -2.49. The quantitative estimate of drug-likeness (QED) is 0.784. The van der Waals surface area contributed by atoms with Crippen LogP contribution in [0, 0.1) is 29.9 Å². The van der Waals surface area contributed by atoms with Crippen LogP contribution in [0.2, 0.25) is 0 Å². The van der Waals surface area contributed by atoms with Gasteiger partial charge in [-0.25, -0.2) is 8.78 Å². The highest BCUT2D eigenvalue weighted by atomic mass is 19.4. The Bertz CT molecular complexity index is 625. The lowest BCUT2D eigenvalue weighted by atomic mass is 10.00. The molecule has 0 bridgehead atoms. The van der Waals surface area contributed by atoms with Crippen LogP contribution in [-0.4, -0.2) is 31.5 Å². The Morgan fingerprint density at radius 1 is 1.36 bits per heavy atom. The molecule has 2 unspecified atom stereocenters. The molecule has 0 saturated carbocycles. The van der Waals surface area contributed by atoms with Gasteiger partial charge in [0.2, 0.25) is 0 Å². The predicted molar refractivity (Wildman–Crippen MR) is 68.3 cm³/mol. The van der Waals surface area contributed by atoms with Gasteiger partial charge in [-0.1, -0.05) is 0 Å². The van der Waals surface area contributed by atoms with E-state index in [0.29, 0.717) is 0 Å². The first kappa shape index (κ1) is 16.5. The minimum Gasteiger partial charge on any atom is -0.367 e. The number of nitriles is 1. The van der Waals surface area contributed by atoms with Gasteiger partial charge in [0.1, 0.15) is 6.04 Å². The summed E-state index contributed by atoms with van der Waals surface area (Å²) in [7, 11) is 0.920. The van der Waals surface area contributed by atoms with Crippen LogP contribution in [-0.2, 0) is 4.74 Å². The SMILES string of the molecule is COC1(C(F)(F)F)CC(C#N)N(c2ccc(F)c(F)c2C)C1. The van der Waals surface area contributed by atoms with Crippen molar-refractivity contribution in [3.63, 3.8) is 0 Å². The van der Waals surface area contributed by atoms with Crippen molar-refractivity contribution in [1.82, 2.24) is 0 Å². The Hall–Kier alpha value is -1.88. The van der Waals surface area contributed by atoms with Crippen LogP contribution in [0.4, 0.5) is 27.6 Å². The molecular formula is C14H13F5N2O. The van der Waals surface area contributed by atoms with E-state index in [1.807, 2.05) is 0 Å². The first-order valence-corrected chi connectivity index (χ1v) is 6.39. The summed E-state index contributed by atoms with van der Waals surface area (Å²) in [5.74, 6) is -2.24. The molecule has 0 aliphatic carbocycles. The van der Waals surface area contributed by atoms with Gasteiger partial charge in [0.15, 0.2) is 17.2 Å². The van der Waals surface area contributed by atoms with E-state index in [0.717, 1.165) is 18.1 Å². The fourth-order valence-electron chi connectivity index (χ4n) is 2.66. The molecule has 3 nitrogen and oxygen atoms in total. The molecule has 2 rings (SSSR count). The van der Waals surface area contributed by atoms with Crippen LogP contribution in [0.15, 0.2) is 12.1 Å². The molecule has 8 heteroatoms. The Balaban J connectivity index is 2.49. The van der Waals surface area contributed by atoms with E-state index < -0.39 is 42.4 Å². The highest BCUT2D eigenvalue weighted by Gasteiger charge is 2.62. The van der Waals surface area contributed by atoms with Crippen LogP contribution in [0.25, 0.3) is 0 Å². The summed E-state index contributed by atoms with van der Waals surface area (Å²) in [6.07, 6.45) is -5.28. The summed E-state index contributed by atoms with van der Waals surface area (Å²) in [4.78, 5) is 1.11. The standard InChI is InChI=1S/C14H13F5N2O/c1-8-11(4-3-10(15)12(8)16)21-7-13(22-2,14(17,18)19)5-9(21)6-20/h3-4,9H,5,7H2,1-2H3. The number of alkyl halides is 3. The average Bonchev–Trinajstić information content (AvgIpc) is 2.85. The number of benzene rings is 1. The van der Waals surface area contributed by atoms with Crippen molar-refractivity contribution in [2.75, 3.05) is 18.6 Å². The van der Waals surface area contributed by atoms with Crippen molar-refractivity contribution in [1.29, 1.82) is 5.26 Å². The average molecular weight is 320 g/mol. The third kappa shape index (κ3) is 2.39. The molecule has 120 valence electrons. The molecule has 0 aromatic heterocycles. The zero-order chi connectivity index (χ0) is 16.7. The minimum atomic E-state index is -4.68. The maximum absolute atomic E-state index is 13.6. The largest absolute Gasteiger partial charge is 0.419 e. The minimum absolute atomic E-state index is 0.0497. The summed E-state index contributed by atoms with van der Waals surface area (Å²) in [5.41, 5.74) is -2.60. The molecule has 1 aromatic carbocycles. The highest BCUT2D eigenvalue weighted by molar-refractivity contribution is 5.57. The van der Waals surface area contributed by atoms with E-state index in [1.54, 1.807) is 6.07 Å². The molecule has 0 N–H and O–H groups in total. The van der Waals surface area contributed by atoms with E-state index in [2.05, 4.69) is 4.74 Å². The summed E-state index contributed by atoms with van der Waals surface area (Å²) in [5, 5.41) is 9.12. The molecule has 0 amide bonds. The molecule has 1 aliphatic rings. The summed E-state index contributed by atoms with van der Waals surface area (Å²) in [6, 6.07) is 2.61. The number of anilines is 1. The second-order valence-electron chi connectivity index (χ2n) is 5.18. The fourth-order valence-corrected chi connectivity index (χ4v) is 2.66. The number of nitrogens with zero attached hydrogens (tertiary/aromatic N) is 2. The van der Waals surface area contributed by atoms with Gasteiger partial charge in [-0.3, -0.25) is 0 Å². The molecule has 1 heterocycles. The van der Waals surface area contributed by atoms with Gasteiger partial charge in [0.25, 0.3) is 0 Å². The number of rotatable bonds is 2. The van der Waals surface area contributed by atoms with E-state index in [9.17, 15) is 22.0 Å². The van der Waals surface area contributed by atoms with E-state index in [-0.39, 0.29) is 11.3 Å². The van der Waals surface area contributed by atoms with Crippen LogP contribution < -0.4 is 4.90 Å². The van der Waals surface area contributed by atoms with Crippen molar-refractivity contribution >= 4 is 5.69 Å². The Morgan fingerprint density at radius 3 is 2.50 bits per heavy atom. The molecular weight excluding hydrogens is 307 g/mol. The van der Waals surface area contributed by atoms with E-state index >= 15 is 0 Å². The van der Waals surface area contributed by atoms with Crippen LogP contribution in [0.1, 0.15) is 12.0 Å². The maximum Gasteiger partial charge on any atom is 0.419 e. The van der Waals surface area contributed by atoms with Gasteiger partial charge in [-0.05, 0) is 19.1 Å². The summed E-state index contributed by atoms with van der Waals surface area (Å²) >= 11 is 0. The molecule has 1 aliphatic heterocycles. The molecule has 1 aromatic rings. The third-order valence-electron chi connectivity index (χ3n) is 4.00. The lowest BCUT2D eigenvalue weighted by Gasteiger charge is -2.30. The first-order chi connectivity index (χ1) is 10.2. The van der Waals surface area contributed by atoms with Gasteiger partial charge in [0, 0.05) is 24.8 Å². The number of ether oxygens (including phenoxy) is 1. The Kier molecular flexibility index (Phi) is 4.04. The van der Waals surface area contributed by atoms with Gasteiger partial charge in [-0.2, -0.15) is 18.4 Å². The van der Waals surface area contributed by atoms with Crippen molar-refractivity contribution in [2.24, 2.45) is 0 Å². The van der Waals surface area contributed by atoms with Gasteiger partial charge < -0.3 is 9.64 Å². The summed E-state index contributed by atoms with van der Waals surface area (Å²) < 4.78 is 71.3. The Labute approximate surface area is 123 Å². The van der Waals surface area contributed by atoms with Gasteiger partial charge in [0.05, 0.1) is 12.6 Å². The van der Waals surface area contributed by atoms with Crippen molar-refractivity contribution in [3.8, 4) is 6.07 Å². The van der Waals surface area contributed by atoms with Crippen molar-refractivity contribution < 1.29 is 26.7 Å². The molecule has 1 fully saturated rings. The Morgan fingerprint density at radius 2 is 2.00 bits per heavy atom. The van der Waals surface area contributed by atoms with E-state index in [4.69, 9.17) is 5.26 Å². The topological polar surface area (TPSA) is 36.3 Å². The fraction of sp³-hybridized carbons (Fsp3) is 0.500. The third-order valence-corrected chi connectivity index (χ3v) is 4.00. The van der Waals surface area contributed by atoms with Gasteiger partial charge in [-0.15, -0.1) is 0 Å². The van der Waals surface area contributed by atoms with Crippen LogP contribution >= 0.6 is 0 Å². The second-order valence-corrected chi connectivity index (χ2v) is 5.18. The number of methoxy groups -OCH3 is 1. The second kappa shape index (κ2) is 5.39. The zero-order valence-electron chi connectivity index (χ0n) is 11.8. The van der Waals surface area contributed by atoms with Crippen LogP contribution in [0.5, 0.6) is 0 Å². The number of hydrogen-bond acceptors (Lipinski definition) is 3. The normalized spacial score (nSPS) is 25.4. The number of halogens is 5. The van der Waals surface area contributed by atoms with Crippen molar-refractivity contribution in [3.05, 3.63) is 29.3 Å². The monoisotopic (exact) mass is 320 g/mol. The van der Waals surface area contributed by atoms with E-state index in [1.165, 1.54) is 13.0 Å². The smallest absolute Gasteiger partial charge is 0.367 e. The molecule has 22 heavy (non-hydrogen) atoms. The molecule has 0 radical (unpaired) electrons. The zero-order valence-corrected chi connectivity index (χ0v) is 11.8. The summed E-state index contributed by atoms with van der Waals surface area (Å²) in [6.45, 7) is 0.597. The van der Waals surface area contributed by atoms with Crippen molar-refractivity contribution in [2.45, 2.75) is 31.2 Å². The lowest BCUT2D eigenvalue weighted by molar-refractivity contribution is -0.261. The molecule has 1 saturated heterocycles. The molecule has 0 spiro atoms. The van der Waals surface area contributed by atoms with Gasteiger partial charge >= 0.3 is 6.18 Å². The predicted octanol–water partition coefficient (Wildman–Crippen LogP) is 3.32. The maximum atomic E-state index is 13.6. The first-order valence-electron chi connectivity index (χ1n) is 6.39. The highest BCUT2D eigenvalue weighted by Crippen LogP contribution is 2.45. The molecule has 2 atom stereocenters. The number of hydrogen-bond donors (Lipinski definition) is 0. The van der Waals surface area contributed by atoms with Crippen LogP contribution in [0.3, 0.4) is 0 Å².